The van der Waals surface area contributed by atoms with Crippen molar-refractivity contribution in [1.82, 2.24) is 9.62 Å². The molecule has 2 atom stereocenters. The molecule has 1 fully saturated rings. The first-order chi connectivity index (χ1) is 15.8. The monoisotopic (exact) mass is 510 g/mol. The lowest BCUT2D eigenvalue weighted by atomic mass is 10.1. The highest BCUT2D eigenvalue weighted by atomic mass is 35.5. The van der Waals surface area contributed by atoms with Crippen molar-refractivity contribution in [1.29, 1.82) is 0 Å². The topological polar surface area (TPSA) is 75.7 Å². The van der Waals surface area contributed by atoms with Crippen molar-refractivity contribution in [3.63, 3.8) is 0 Å². The average molecular weight is 511 g/mol. The predicted molar refractivity (Wildman–Crippen MR) is 131 cm³/mol. The molecule has 6 nitrogen and oxygen atoms in total. The highest BCUT2D eigenvalue weighted by Crippen LogP contribution is 2.24. The summed E-state index contributed by atoms with van der Waals surface area (Å²) in [6.45, 7) is 1.25. The lowest BCUT2D eigenvalue weighted by Gasteiger charge is -2.22. The summed E-state index contributed by atoms with van der Waals surface area (Å²) in [6, 6.07) is 13.6. The molecule has 1 aliphatic heterocycles. The summed E-state index contributed by atoms with van der Waals surface area (Å²) in [5.74, 6) is -0.217. The fraction of sp³-hybridized carbons (Fsp3) is 0.375. The van der Waals surface area contributed by atoms with E-state index in [4.69, 9.17) is 23.2 Å². The standard InChI is InChI=1S/C24H28Cl2N2O4S/c1-32-24(29)6-4-2-3-5-22-15-21(17-28(22)16-18-7-9-19(25)10-8-18)27-33(30,31)23-13-11-20(26)12-14-23/h3,5,7-14,21-22,27H,2,4,6,15-17H2,1H3/b5-3-/t21-,22-/m1/s1. The number of hydrogen-bond donors (Lipinski definition) is 1. The minimum Gasteiger partial charge on any atom is -0.469 e. The van der Waals surface area contributed by atoms with Gasteiger partial charge in [-0.05, 0) is 61.2 Å². The number of likely N-dealkylation sites (tertiary alicyclic amines) is 1. The van der Waals surface area contributed by atoms with Crippen LogP contribution in [0.5, 0.6) is 0 Å². The number of methoxy groups -OCH3 is 1. The van der Waals surface area contributed by atoms with Crippen molar-refractivity contribution in [3.8, 4) is 0 Å². The summed E-state index contributed by atoms with van der Waals surface area (Å²) in [7, 11) is -2.27. The van der Waals surface area contributed by atoms with Crippen LogP contribution >= 0.6 is 23.2 Å². The number of benzene rings is 2. The molecule has 0 spiro atoms. The maximum absolute atomic E-state index is 12.9. The van der Waals surface area contributed by atoms with Gasteiger partial charge in [-0.3, -0.25) is 9.69 Å². The molecule has 33 heavy (non-hydrogen) atoms. The zero-order valence-corrected chi connectivity index (χ0v) is 20.7. The van der Waals surface area contributed by atoms with Gasteiger partial charge in [0.05, 0.1) is 12.0 Å². The SMILES string of the molecule is COC(=O)CCC/C=C\[C@@H]1C[C@@H](NS(=O)(=O)c2ccc(Cl)cc2)CN1Cc1ccc(Cl)cc1. The molecule has 0 bridgehead atoms. The van der Waals surface area contributed by atoms with Crippen molar-refractivity contribution in [2.45, 2.75) is 49.2 Å². The average Bonchev–Trinajstić information content (AvgIpc) is 3.15. The van der Waals surface area contributed by atoms with Gasteiger partial charge in [0.15, 0.2) is 0 Å². The summed E-state index contributed by atoms with van der Waals surface area (Å²) in [5, 5.41) is 1.16. The van der Waals surface area contributed by atoms with Crippen molar-refractivity contribution < 1.29 is 17.9 Å². The Morgan fingerprint density at radius 1 is 1.12 bits per heavy atom. The summed E-state index contributed by atoms with van der Waals surface area (Å²) >= 11 is 11.9. The Morgan fingerprint density at radius 3 is 2.39 bits per heavy atom. The molecular formula is C24H28Cl2N2O4S. The number of rotatable bonds is 10. The summed E-state index contributed by atoms with van der Waals surface area (Å²) in [5.41, 5.74) is 1.10. The van der Waals surface area contributed by atoms with Crippen molar-refractivity contribution in [2.75, 3.05) is 13.7 Å². The number of nitrogens with zero attached hydrogens (tertiary/aromatic N) is 1. The molecule has 178 valence electrons. The fourth-order valence-corrected chi connectivity index (χ4v) is 5.34. The third kappa shape index (κ3) is 7.83. The van der Waals surface area contributed by atoms with Crippen LogP contribution < -0.4 is 4.72 Å². The van der Waals surface area contributed by atoms with E-state index < -0.39 is 10.0 Å². The molecule has 0 saturated carbocycles. The Morgan fingerprint density at radius 2 is 1.76 bits per heavy atom. The summed E-state index contributed by atoms with van der Waals surface area (Å²) < 4.78 is 33.2. The predicted octanol–water partition coefficient (Wildman–Crippen LogP) is 4.81. The summed E-state index contributed by atoms with van der Waals surface area (Å²) in [4.78, 5) is 13.7. The van der Waals surface area contributed by atoms with Crippen LogP contribution in [0, 0.1) is 0 Å². The molecule has 0 unspecified atom stereocenters. The van der Waals surface area contributed by atoms with Crippen molar-refractivity contribution >= 4 is 39.2 Å². The molecular weight excluding hydrogens is 483 g/mol. The van der Waals surface area contributed by atoms with Gasteiger partial charge in [0.25, 0.3) is 0 Å². The molecule has 1 aliphatic rings. The smallest absolute Gasteiger partial charge is 0.305 e. The van der Waals surface area contributed by atoms with Gasteiger partial charge >= 0.3 is 5.97 Å². The maximum atomic E-state index is 12.9. The van der Waals surface area contributed by atoms with Crippen molar-refractivity contribution in [2.24, 2.45) is 0 Å². The number of ether oxygens (including phenoxy) is 1. The molecule has 0 radical (unpaired) electrons. The van der Waals surface area contributed by atoms with Crippen LogP contribution in [0.15, 0.2) is 65.6 Å². The number of carbonyl (C=O) groups excluding carboxylic acids is 1. The largest absolute Gasteiger partial charge is 0.469 e. The Hall–Kier alpha value is -1.90. The highest BCUT2D eigenvalue weighted by molar-refractivity contribution is 7.89. The van der Waals surface area contributed by atoms with E-state index in [1.54, 1.807) is 12.1 Å². The van der Waals surface area contributed by atoms with Crippen LogP contribution in [-0.4, -0.2) is 45.0 Å². The van der Waals surface area contributed by atoms with Gasteiger partial charge in [-0.15, -0.1) is 0 Å². The van der Waals surface area contributed by atoms with Crippen LogP contribution in [-0.2, 0) is 26.1 Å². The number of sulfonamides is 1. The first-order valence-corrected chi connectivity index (χ1v) is 13.0. The second-order valence-electron chi connectivity index (χ2n) is 8.03. The quantitative estimate of drug-likeness (QED) is 0.282. The Balaban J connectivity index is 1.68. The van der Waals surface area contributed by atoms with E-state index >= 15 is 0 Å². The Labute approximate surface area is 205 Å². The van der Waals surface area contributed by atoms with Gasteiger partial charge in [-0.25, -0.2) is 13.1 Å². The normalized spacial score (nSPS) is 19.2. The third-order valence-corrected chi connectivity index (χ3v) is 7.57. The second-order valence-corrected chi connectivity index (χ2v) is 10.6. The van der Waals surface area contributed by atoms with Crippen LogP contribution in [0.3, 0.4) is 0 Å². The third-order valence-electron chi connectivity index (χ3n) is 5.53. The zero-order valence-electron chi connectivity index (χ0n) is 18.4. The van der Waals surface area contributed by atoms with Crippen LogP contribution in [0.1, 0.15) is 31.2 Å². The molecule has 1 saturated heterocycles. The maximum Gasteiger partial charge on any atom is 0.305 e. The zero-order chi connectivity index (χ0) is 23.8. The van der Waals surface area contributed by atoms with Gasteiger partial charge in [-0.1, -0.05) is 47.5 Å². The molecule has 0 amide bonds. The van der Waals surface area contributed by atoms with Gasteiger partial charge in [0, 0.05) is 41.6 Å². The molecule has 1 heterocycles. The minimum atomic E-state index is -3.66. The van der Waals surface area contributed by atoms with Gasteiger partial charge in [-0.2, -0.15) is 0 Å². The molecule has 0 aliphatic carbocycles. The number of esters is 1. The number of allylic oxidation sites excluding steroid dienone is 1. The van der Waals surface area contributed by atoms with Crippen LogP contribution in [0.2, 0.25) is 10.0 Å². The van der Waals surface area contributed by atoms with E-state index in [2.05, 4.69) is 26.5 Å². The number of nitrogens with one attached hydrogen (secondary N) is 1. The van der Waals surface area contributed by atoms with E-state index in [1.807, 2.05) is 24.3 Å². The van der Waals surface area contributed by atoms with E-state index in [9.17, 15) is 13.2 Å². The van der Waals surface area contributed by atoms with Crippen LogP contribution in [0.25, 0.3) is 0 Å². The van der Waals surface area contributed by atoms with E-state index in [0.29, 0.717) is 42.4 Å². The van der Waals surface area contributed by atoms with Gasteiger partial charge < -0.3 is 4.74 Å². The lowest BCUT2D eigenvalue weighted by Crippen LogP contribution is -2.37. The Bertz CT molecular complexity index is 1060. The van der Waals surface area contributed by atoms with E-state index in [0.717, 1.165) is 12.0 Å². The van der Waals surface area contributed by atoms with Crippen LogP contribution in [0.4, 0.5) is 0 Å². The Kier molecular flexibility index (Phi) is 9.35. The fourth-order valence-electron chi connectivity index (χ4n) is 3.85. The highest BCUT2D eigenvalue weighted by Gasteiger charge is 2.33. The molecule has 0 aromatic heterocycles. The lowest BCUT2D eigenvalue weighted by molar-refractivity contribution is -0.140. The number of halogens is 2. The number of hydrogen-bond acceptors (Lipinski definition) is 5. The number of carbonyl (C=O) groups is 1. The first-order valence-electron chi connectivity index (χ1n) is 10.8. The molecule has 3 rings (SSSR count). The van der Waals surface area contributed by atoms with E-state index in [1.165, 1.54) is 19.2 Å². The summed E-state index contributed by atoms with van der Waals surface area (Å²) in [6.07, 6.45) is 6.64. The molecule has 2 aromatic rings. The minimum absolute atomic E-state index is 0.0664. The number of unbranched alkanes of at least 4 members (excludes halogenated alkanes) is 1. The molecule has 9 heteroatoms. The van der Waals surface area contributed by atoms with E-state index in [-0.39, 0.29) is 22.9 Å². The molecule has 1 N–H and O–H groups in total. The second kappa shape index (κ2) is 12.0. The van der Waals surface area contributed by atoms with Crippen molar-refractivity contribution in [3.05, 3.63) is 76.3 Å². The molecule has 2 aromatic carbocycles. The van der Waals surface area contributed by atoms with Gasteiger partial charge in [0.1, 0.15) is 0 Å². The van der Waals surface area contributed by atoms with Gasteiger partial charge in [0.2, 0.25) is 10.0 Å². The first kappa shape index (κ1) is 25.7.